The predicted molar refractivity (Wildman–Crippen MR) is 67.8 cm³/mol. The van der Waals surface area contributed by atoms with Crippen molar-refractivity contribution in [1.82, 2.24) is 4.98 Å². The van der Waals surface area contributed by atoms with E-state index in [1.54, 1.807) is 6.20 Å². The molecule has 0 spiro atoms. The minimum Gasteiger partial charge on any atom is -0.481 e. The number of nitrogens with zero attached hydrogens (tertiary/aromatic N) is 1. The average molecular weight is 235 g/mol. The standard InChI is InChI=1S/C14H21NO2/c1-2-3-8-13(14(16)17)9-4-6-12-7-5-10-15-11-12/h5,7,10-11,13H,2-4,6,8-9H2,1H3,(H,16,17). The lowest BCUT2D eigenvalue weighted by atomic mass is 9.95. The summed E-state index contributed by atoms with van der Waals surface area (Å²) in [5.74, 6) is -0.823. The highest BCUT2D eigenvalue weighted by Crippen LogP contribution is 2.16. The number of pyridine rings is 1. The zero-order valence-electron chi connectivity index (χ0n) is 10.4. The molecule has 1 N–H and O–H groups in total. The van der Waals surface area contributed by atoms with Gasteiger partial charge in [-0.1, -0.05) is 25.8 Å². The topological polar surface area (TPSA) is 50.2 Å². The molecule has 1 unspecified atom stereocenters. The molecule has 0 saturated heterocycles. The second kappa shape index (κ2) is 7.82. The maximum Gasteiger partial charge on any atom is 0.306 e. The Bertz CT molecular complexity index is 324. The normalized spacial score (nSPS) is 12.3. The number of carbonyl (C=O) groups is 1. The molecule has 3 nitrogen and oxygen atoms in total. The lowest BCUT2D eigenvalue weighted by Crippen LogP contribution is -2.13. The van der Waals surface area contributed by atoms with E-state index in [4.69, 9.17) is 5.11 Å². The molecule has 1 rings (SSSR count). The van der Waals surface area contributed by atoms with Gasteiger partial charge in [0, 0.05) is 12.4 Å². The van der Waals surface area contributed by atoms with Crippen LogP contribution in [0.1, 0.15) is 44.6 Å². The summed E-state index contributed by atoms with van der Waals surface area (Å²) < 4.78 is 0. The molecule has 0 saturated carbocycles. The van der Waals surface area contributed by atoms with E-state index < -0.39 is 5.97 Å². The molecule has 0 radical (unpaired) electrons. The first kappa shape index (κ1) is 13.7. The van der Waals surface area contributed by atoms with Crippen LogP contribution in [0.3, 0.4) is 0 Å². The third-order valence-corrected chi connectivity index (χ3v) is 3.00. The summed E-state index contributed by atoms with van der Waals surface area (Å²) in [6.07, 6.45) is 9.09. The van der Waals surface area contributed by atoms with Crippen LogP contribution in [0.5, 0.6) is 0 Å². The van der Waals surface area contributed by atoms with Crippen molar-refractivity contribution in [2.24, 2.45) is 5.92 Å². The van der Waals surface area contributed by atoms with Crippen LogP contribution in [-0.2, 0) is 11.2 Å². The molecular formula is C14H21NO2. The van der Waals surface area contributed by atoms with Gasteiger partial charge in [0.15, 0.2) is 0 Å². The molecule has 0 aliphatic carbocycles. The van der Waals surface area contributed by atoms with E-state index in [9.17, 15) is 4.79 Å². The number of aromatic nitrogens is 1. The van der Waals surface area contributed by atoms with Crippen LogP contribution in [0, 0.1) is 5.92 Å². The number of aryl methyl sites for hydroxylation is 1. The molecule has 0 amide bonds. The van der Waals surface area contributed by atoms with Gasteiger partial charge >= 0.3 is 5.97 Å². The molecular weight excluding hydrogens is 214 g/mol. The molecule has 0 fully saturated rings. The van der Waals surface area contributed by atoms with Crippen molar-refractivity contribution in [1.29, 1.82) is 0 Å². The van der Waals surface area contributed by atoms with Crippen LogP contribution in [0.2, 0.25) is 0 Å². The van der Waals surface area contributed by atoms with Crippen LogP contribution >= 0.6 is 0 Å². The van der Waals surface area contributed by atoms with Gasteiger partial charge in [0.1, 0.15) is 0 Å². The Hall–Kier alpha value is -1.38. The average Bonchev–Trinajstić information content (AvgIpc) is 2.34. The maximum absolute atomic E-state index is 11.0. The van der Waals surface area contributed by atoms with E-state index in [1.807, 2.05) is 18.3 Å². The van der Waals surface area contributed by atoms with Gasteiger partial charge in [0.25, 0.3) is 0 Å². The largest absolute Gasteiger partial charge is 0.481 e. The van der Waals surface area contributed by atoms with Crippen molar-refractivity contribution in [2.45, 2.75) is 45.4 Å². The van der Waals surface area contributed by atoms with E-state index in [0.717, 1.165) is 38.5 Å². The molecule has 3 heteroatoms. The van der Waals surface area contributed by atoms with Gasteiger partial charge in [0.2, 0.25) is 0 Å². The SMILES string of the molecule is CCCCC(CCCc1cccnc1)C(=O)O. The predicted octanol–water partition coefficient (Wildman–Crippen LogP) is 3.30. The van der Waals surface area contributed by atoms with Gasteiger partial charge in [-0.25, -0.2) is 0 Å². The highest BCUT2D eigenvalue weighted by atomic mass is 16.4. The summed E-state index contributed by atoms with van der Waals surface area (Å²) in [6.45, 7) is 2.09. The first-order valence-electron chi connectivity index (χ1n) is 6.35. The van der Waals surface area contributed by atoms with E-state index in [1.165, 1.54) is 5.56 Å². The van der Waals surface area contributed by atoms with Crippen molar-refractivity contribution in [3.05, 3.63) is 30.1 Å². The van der Waals surface area contributed by atoms with Gasteiger partial charge in [-0.15, -0.1) is 0 Å². The Morgan fingerprint density at radius 1 is 1.41 bits per heavy atom. The van der Waals surface area contributed by atoms with Gasteiger partial charge in [-0.05, 0) is 37.3 Å². The number of hydrogen-bond donors (Lipinski definition) is 1. The fourth-order valence-electron chi connectivity index (χ4n) is 1.94. The second-order valence-corrected chi connectivity index (χ2v) is 4.43. The summed E-state index contributed by atoms with van der Waals surface area (Å²) in [5.41, 5.74) is 1.19. The highest BCUT2D eigenvalue weighted by Gasteiger charge is 2.15. The van der Waals surface area contributed by atoms with E-state index in [0.29, 0.717) is 0 Å². The van der Waals surface area contributed by atoms with E-state index >= 15 is 0 Å². The fraction of sp³-hybridized carbons (Fsp3) is 0.571. The lowest BCUT2D eigenvalue weighted by molar-refractivity contribution is -0.142. The number of carboxylic acid groups (broad SMARTS) is 1. The van der Waals surface area contributed by atoms with E-state index in [2.05, 4.69) is 11.9 Å². The molecule has 1 aromatic heterocycles. The smallest absolute Gasteiger partial charge is 0.306 e. The maximum atomic E-state index is 11.0. The van der Waals surface area contributed by atoms with Gasteiger partial charge < -0.3 is 5.11 Å². The van der Waals surface area contributed by atoms with Gasteiger partial charge in [0.05, 0.1) is 5.92 Å². The zero-order chi connectivity index (χ0) is 12.5. The van der Waals surface area contributed by atoms with Crippen LogP contribution in [-0.4, -0.2) is 16.1 Å². The molecule has 94 valence electrons. The summed E-state index contributed by atoms with van der Waals surface area (Å²) in [5, 5.41) is 9.08. The minimum absolute atomic E-state index is 0.174. The molecule has 0 aliphatic rings. The van der Waals surface area contributed by atoms with Crippen molar-refractivity contribution in [3.8, 4) is 0 Å². The quantitative estimate of drug-likeness (QED) is 0.752. The van der Waals surface area contributed by atoms with Crippen LogP contribution in [0.15, 0.2) is 24.5 Å². The minimum atomic E-state index is -0.648. The fourth-order valence-corrected chi connectivity index (χ4v) is 1.94. The summed E-state index contributed by atoms with van der Waals surface area (Å²) >= 11 is 0. The van der Waals surface area contributed by atoms with Crippen LogP contribution in [0.4, 0.5) is 0 Å². The van der Waals surface area contributed by atoms with Gasteiger partial charge in [-0.3, -0.25) is 9.78 Å². The number of carboxylic acids is 1. The first-order chi connectivity index (χ1) is 8.24. The Labute approximate surface area is 103 Å². The second-order valence-electron chi connectivity index (χ2n) is 4.43. The van der Waals surface area contributed by atoms with E-state index in [-0.39, 0.29) is 5.92 Å². The molecule has 17 heavy (non-hydrogen) atoms. The summed E-state index contributed by atoms with van der Waals surface area (Å²) in [7, 11) is 0. The lowest BCUT2D eigenvalue weighted by Gasteiger charge is -2.11. The number of aliphatic carboxylic acids is 1. The number of unbranched alkanes of at least 4 members (excludes halogenated alkanes) is 1. The summed E-state index contributed by atoms with van der Waals surface area (Å²) in [6, 6.07) is 3.95. The van der Waals surface area contributed by atoms with Crippen LogP contribution in [0.25, 0.3) is 0 Å². The third-order valence-electron chi connectivity index (χ3n) is 3.00. The molecule has 0 aromatic carbocycles. The molecule has 0 bridgehead atoms. The van der Waals surface area contributed by atoms with Crippen molar-refractivity contribution in [2.75, 3.05) is 0 Å². The van der Waals surface area contributed by atoms with Crippen molar-refractivity contribution < 1.29 is 9.90 Å². The Morgan fingerprint density at radius 2 is 2.18 bits per heavy atom. The zero-order valence-corrected chi connectivity index (χ0v) is 10.4. The molecule has 1 heterocycles. The monoisotopic (exact) mass is 235 g/mol. The van der Waals surface area contributed by atoms with Crippen molar-refractivity contribution in [3.63, 3.8) is 0 Å². The molecule has 1 atom stereocenters. The third kappa shape index (κ3) is 5.48. The highest BCUT2D eigenvalue weighted by molar-refractivity contribution is 5.69. The molecule has 0 aliphatic heterocycles. The van der Waals surface area contributed by atoms with Gasteiger partial charge in [-0.2, -0.15) is 0 Å². The van der Waals surface area contributed by atoms with Crippen molar-refractivity contribution >= 4 is 5.97 Å². The Balaban J connectivity index is 2.29. The van der Waals surface area contributed by atoms with Crippen LogP contribution < -0.4 is 0 Å². The summed E-state index contributed by atoms with van der Waals surface area (Å²) in [4.78, 5) is 15.1. The number of hydrogen-bond acceptors (Lipinski definition) is 2. The molecule has 1 aromatic rings. The Kier molecular flexibility index (Phi) is 6.30. The number of rotatable bonds is 8. The first-order valence-corrected chi connectivity index (χ1v) is 6.35. The Morgan fingerprint density at radius 3 is 2.76 bits per heavy atom.